The third-order valence-corrected chi connectivity index (χ3v) is 7.67. The number of rotatable bonds is 6. The predicted octanol–water partition coefficient (Wildman–Crippen LogP) is 1.75. The fourth-order valence-electron chi connectivity index (χ4n) is 3.40. The summed E-state index contributed by atoms with van der Waals surface area (Å²) in [7, 11) is -1.34. The van der Waals surface area contributed by atoms with Gasteiger partial charge in [0.05, 0.1) is 22.8 Å². The third kappa shape index (κ3) is 4.40. The van der Waals surface area contributed by atoms with Crippen LogP contribution < -0.4 is 5.32 Å². The Bertz CT molecular complexity index is 694. The summed E-state index contributed by atoms with van der Waals surface area (Å²) in [6.45, 7) is 11.2. The van der Waals surface area contributed by atoms with E-state index in [9.17, 15) is 8.42 Å². The predicted molar refractivity (Wildman–Crippen MR) is 105 cm³/mol. The summed E-state index contributed by atoms with van der Waals surface area (Å²) < 4.78 is 29.3. The highest BCUT2D eigenvalue weighted by Gasteiger charge is 2.41. The number of likely N-dealkylation sites (N-methyl/N-ethyl adjacent to an activating group) is 1. The molecular weight excluding hydrogens is 352 g/mol. The number of furan rings is 1. The topological polar surface area (TPSA) is 78.1 Å². The molecule has 1 aromatic heterocycles. The highest BCUT2D eigenvalue weighted by Crippen LogP contribution is 2.24. The van der Waals surface area contributed by atoms with E-state index in [0.29, 0.717) is 19.6 Å². The highest BCUT2D eigenvalue weighted by molar-refractivity contribution is 7.92. The second-order valence-corrected chi connectivity index (χ2v) is 9.92. The van der Waals surface area contributed by atoms with Crippen LogP contribution in [0.3, 0.4) is 0 Å². The van der Waals surface area contributed by atoms with Gasteiger partial charge in [-0.2, -0.15) is 0 Å². The van der Waals surface area contributed by atoms with Crippen molar-refractivity contribution in [1.82, 2.24) is 15.1 Å². The monoisotopic (exact) mass is 384 g/mol. The fourth-order valence-corrected chi connectivity index (χ4v) is 4.77. The summed E-state index contributed by atoms with van der Waals surface area (Å²) in [6, 6.07) is 3.99. The molecule has 1 saturated heterocycles. The molecule has 0 aliphatic carbocycles. The lowest BCUT2D eigenvalue weighted by atomic mass is 10.1. The summed E-state index contributed by atoms with van der Waals surface area (Å²) in [6.07, 6.45) is 1.69. The maximum atomic E-state index is 12.2. The van der Waals surface area contributed by atoms with E-state index in [1.54, 1.807) is 27.2 Å². The van der Waals surface area contributed by atoms with Gasteiger partial charge in [0.2, 0.25) is 0 Å². The average Bonchev–Trinajstić information content (AvgIpc) is 3.12. The molecule has 1 unspecified atom stereocenters. The van der Waals surface area contributed by atoms with Crippen LogP contribution in [0.1, 0.15) is 39.5 Å². The van der Waals surface area contributed by atoms with Crippen LogP contribution >= 0.6 is 0 Å². The van der Waals surface area contributed by atoms with Gasteiger partial charge in [-0.1, -0.05) is 13.8 Å². The van der Waals surface area contributed by atoms with Crippen molar-refractivity contribution in [3.8, 4) is 0 Å². The second kappa shape index (κ2) is 8.43. The van der Waals surface area contributed by atoms with Crippen LogP contribution in [0.4, 0.5) is 0 Å². The Morgan fingerprint density at radius 1 is 1.42 bits per heavy atom. The Hall–Kier alpha value is -1.54. The van der Waals surface area contributed by atoms with Gasteiger partial charge in [0, 0.05) is 26.7 Å². The zero-order valence-corrected chi connectivity index (χ0v) is 17.3. The molecule has 0 bridgehead atoms. The van der Waals surface area contributed by atoms with E-state index in [-0.39, 0.29) is 11.8 Å². The molecule has 0 aromatic carbocycles. The Morgan fingerprint density at radius 3 is 2.62 bits per heavy atom. The van der Waals surface area contributed by atoms with Gasteiger partial charge in [0.1, 0.15) is 5.76 Å². The largest absolute Gasteiger partial charge is 0.468 e. The smallest absolute Gasteiger partial charge is 0.193 e. The van der Waals surface area contributed by atoms with Crippen molar-refractivity contribution in [2.75, 3.05) is 45.5 Å². The molecule has 1 fully saturated rings. The summed E-state index contributed by atoms with van der Waals surface area (Å²) in [5.74, 6) is 1.80. The van der Waals surface area contributed by atoms with E-state index in [4.69, 9.17) is 4.42 Å². The van der Waals surface area contributed by atoms with Crippen LogP contribution in [-0.2, 0) is 9.84 Å². The first-order valence-corrected chi connectivity index (χ1v) is 10.9. The molecule has 26 heavy (non-hydrogen) atoms. The molecule has 0 saturated carbocycles. The Balaban J connectivity index is 2.10. The molecule has 8 heteroatoms. The summed E-state index contributed by atoms with van der Waals surface area (Å²) in [4.78, 5) is 8.73. The number of nitrogens with one attached hydrogen (secondary N) is 1. The van der Waals surface area contributed by atoms with Gasteiger partial charge < -0.3 is 14.6 Å². The SMILES string of the molecule is CCN(CC)C(CNC(=NC)N1CCS(=O)(=O)C(C)(C)C1)c1ccco1. The van der Waals surface area contributed by atoms with Crippen molar-refractivity contribution in [1.29, 1.82) is 0 Å². The van der Waals surface area contributed by atoms with Crippen LogP contribution in [-0.4, -0.2) is 74.4 Å². The number of nitrogens with zero attached hydrogens (tertiary/aromatic N) is 3. The van der Waals surface area contributed by atoms with E-state index in [0.717, 1.165) is 24.8 Å². The first-order valence-electron chi connectivity index (χ1n) is 9.21. The summed E-state index contributed by atoms with van der Waals surface area (Å²) in [5, 5.41) is 3.42. The molecule has 1 aromatic rings. The minimum Gasteiger partial charge on any atom is -0.468 e. The number of guanidine groups is 1. The van der Waals surface area contributed by atoms with Crippen LogP contribution in [0, 0.1) is 0 Å². The fraction of sp³-hybridized carbons (Fsp3) is 0.722. The molecular formula is C18H32N4O3S. The standard InChI is InChI=1S/C18H32N4O3S/c1-6-21(7-2)15(16-9-8-11-25-16)13-20-17(19-5)22-10-12-26(23,24)18(3,4)14-22/h8-9,11,15H,6-7,10,12-14H2,1-5H3,(H,19,20). The van der Waals surface area contributed by atoms with E-state index < -0.39 is 14.6 Å². The number of sulfone groups is 1. The van der Waals surface area contributed by atoms with Gasteiger partial charge in [0.15, 0.2) is 15.8 Å². The molecule has 1 N–H and O–H groups in total. The van der Waals surface area contributed by atoms with Crippen LogP contribution in [0.25, 0.3) is 0 Å². The van der Waals surface area contributed by atoms with Gasteiger partial charge in [0.25, 0.3) is 0 Å². The first kappa shape index (κ1) is 20.8. The Labute approximate surface area is 157 Å². The average molecular weight is 385 g/mol. The van der Waals surface area contributed by atoms with Crippen molar-refractivity contribution in [3.63, 3.8) is 0 Å². The maximum Gasteiger partial charge on any atom is 0.193 e. The minimum absolute atomic E-state index is 0.0956. The quantitative estimate of drug-likeness (QED) is 0.595. The zero-order chi connectivity index (χ0) is 19.4. The van der Waals surface area contributed by atoms with Crippen molar-refractivity contribution < 1.29 is 12.8 Å². The molecule has 0 amide bonds. The molecule has 1 aliphatic heterocycles. The Kier molecular flexibility index (Phi) is 6.74. The van der Waals surface area contributed by atoms with Crippen molar-refractivity contribution in [2.45, 2.75) is 38.5 Å². The normalized spacial score (nSPS) is 21.0. The summed E-state index contributed by atoms with van der Waals surface area (Å²) >= 11 is 0. The van der Waals surface area contributed by atoms with E-state index in [1.807, 2.05) is 17.0 Å². The van der Waals surface area contributed by atoms with Gasteiger partial charge >= 0.3 is 0 Å². The van der Waals surface area contributed by atoms with Crippen LogP contribution in [0.15, 0.2) is 27.8 Å². The van der Waals surface area contributed by atoms with Gasteiger partial charge in [-0.05, 0) is 39.1 Å². The minimum atomic E-state index is -3.07. The molecule has 7 nitrogen and oxygen atoms in total. The number of hydrogen-bond acceptors (Lipinski definition) is 5. The molecule has 2 heterocycles. The lowest BCUT2D eigenvalue weighted by Gasteiger charge is -2.39. The molecule has 1 aliphatic rings. The maximum absolute atomic E-state index is 12.2. The lowest BCUT2D eigenvalue weighted by Crippen LogP contribution is -2.57. The lowest BCUT2D eigenvalue weighted by molar-refractivity contribution is 0.192. The van der Waals surface area contributed by atoms with E-state index >= 15 is 0 Å². The second-order valence-electron chi connectivity index (χ2n) is 7.18. The molecule has 1 atom stereocenters. The Morgan fingerprint density at radius 2 is 2.12 bits per heavy atom. The van der Waals surface area contributed by atoms with Gasteiger partial charge in [-0.3, -0.25) is 9.89 Å². The van der Waals surface area contributed by atoms with Crippen LogP contribution in [0.5, 0.6) is 0 Å². The highest BCUT2D eigenvalue weighted by atomic mass is 32.2. The van der Waals surface area contributed by atoms with Gasteiger partial charge in [-0.25, -0.2) is 8.42 Å². The number of hydrogen-bond donors (Lipinski definition) is 1. The third-order valence-electron chi connectivity index (χ3n) is 5.13. The zero-order valence-electron chi connectivity index (χ0n) is 16.5. The van der Waals surface area contributed by atoms with E-state index in [1.165, 1.54) is 0 Å². The first-order chi connectivity index (χ1) is 12.3. The van der Waals surface area contributed by atoms with Crippen molar-refractivity contribution >= 4 is 15.8 Å². The van der Waals surface area contributed by atoms with Crippen molar-refractivity contribution in [2.24, 2.45) is 4.99 Å². The number of aliphatic imine (C=N–C) groups is 1. The molecule has 0 radical (unpaired) electrons. The summed E-state index contributed by atoms with van der Waals surface area (Å²) in [5.41, 5.74) is 0. The van der Waals surface area contributed by atoms with Crippen molar-refractivity contribution in [3.05, 3.63) is 24.2 Å². The molecule has 2 rings (SSSR count). The van der Waals surface area contributed by atoms with Gasteiger partial charge in [-0.15, -0.1) is 0 Å². The molecule has 148 valence electrons. The van der Waals surface area contributed by atoms with Crippen LogP contribution in [0.2, 0.25) is 0 Å². The molecule has 0 spiro atoms. The van der Waals surface area contributed by atoms with E-state index in [2.05, 4.69) is 29.1 Å².